The van der Waals surface area contributed by atoms with Crippen molar-refractivity contribution in [1.82, 2.24) is 0 Å². The summed E-state index contributed by atoms with van der Waals surface area (Å²) in [6.45, 7) is 1.52. The number of benzene rings is 2. The summed E-state index contributed by atoms with van der Waals surface area (Å²) in [4.78, 5) is 0. The van der Waals surface area contributed by atoms with Gasteiger partial charge in [-0.15, -0.1) is 12.4 Å². The van der Waals surface area contributed by atoms with Crippen LogP contribution in [0.5, 0.6) is 0 Å². The van der Waals surface area contributed by atoms with E-state index >= 15 is 0 Å². The predicted octanol–water partition coefficient (Wildman–Crippen LogP) is 3.61. The summed E-state index contributed by atoms with van der Waals surface area (Å²) in [6, 6.07) is 9.17. The van der Waals surface area contributed by atoms with Crippen LogP contribution in [0, 0.1) is 11.6 Å². The van der Waals surface area contributed by atoms with Crippen molar-refractivity contribution in [3.05, 3.63) is 65.2 Å². The largest absolute Gasteiger partial charge is 0.329 e. The summed E-state index contributed by atoms with van der Waals surface area (Å²) in [5.41, 5.74) is 6.84. The van der Waals surface area contributed by atoms with Gasteiger partial charge >= 0.3 is 0 Å². The van der Waals surface area contributed by atoms with Crippen molar-refractivity contribution in [1.29, 1.82) is 0 Å². The van der Waals surface area contributed by atoms with Gasteiger partial charge in [-0.25, -0.2) is 8.78 Å². The Bertz CT molecular complexity index is 694. The third-order valence-corrected chi connectivity index (χ3v) is 5.30. The van der Waals surface area contributed by atoms with Crippen LogP contribution in [0.3, 0.4) is 0 Å². The fraction of sp³-hybridized carbons (Fsp3) is 0.200. The SMILES string of the molecule is COP(C)(=O)c1ccc(C(N)c2ccc(F)cc2F)cc1.Cl. The third-order valence-electron chi connectivity index (χ3n) is 3.37. The summed E-state index contributed by atoms with van der Waals surface area (Å²) < 4.78 is 43.7. The summed E-state index contributed by atoms with van der Waals surface area (Å²) in [5.74, 6) is -1.34. The van der Waals surface area contributed by atoms with E-state index in [1.54, 1.807) is 24.3 Å². The molecule has 2 N–H and O–H groups in total. The average Bonchev–Trinajstić information content (AvgIpc) is 2.47. The fourth-order valence-electron chi connectivity index (χ4n) is 1.99. The summed E-state index contributed by atoms with van der Waals surface area (Å²) >= 11 is 0. The van der Waals surface area contributed by atoms with E-state index in [2.05, 4.69) is 0 Å². The molecule has 0 fully saturated rings. The summed E-state index contributed by atoms with van der Waals surface area (Å²) in [7, 11) is -1.45. The average molecular weight is 348 g/mol. The number of nitrogens with two attached hydrogens (primary N) is 1. The molecule has 0 amide bonds. The van der Waals surface area contributed by atoms with Gasteiger partial charge in [-0.05, 0) is 23.8 Å². The van der Waals surface area contributed by atoms with Crippen LogP contribution >= 0.6 is 19.8 Å². The van der Waals surface area contributed by atoms with Crippen LogP contribution in [0.15, 0.2) is 42.5 Å². The number of hydrogen-bond acceptors (Lipinski definition) is 3. The molecule has 2 atom stereocenters. The predicted molar refractivity (Wildman–Crippen MR) is 86.3 cm³/mol. The van der Waals surface area contributed by atoms with Gasteiger partial charge in [0.2, 0.25) is 7.37 Å². The van der Waals surface area contributed by atoms with Crippen LogP contribution in [0.25, 0.3) is 0 Å². The normalized spacial score (nSPS) is 14.8. The maximum atomic E-state index is 13.7. The lowest BCUT2D eigenvalue weighted by molar-refractivity contribution is 0.408. The first-order chi connectivity index (χ1) is 9.85. The molecule has 0 heterocycles. The Labute approximate surface area is 134 Å². The fourth-order valence-corrected chi connectivity index (χ4v) is 2.89. The minimum atomic E-state index is -2.83. The molecule has 120 valence electrons. The smallest absolute Gasteiger partial charge is 0.228 e. The van der Waals surface area contributed by atoms with Crippen molar-refractivity contribution in [3.8, 4) is 0 Å². The van der Waals surface area contributed by atoms with Gasteiger partial charge in [-0.2, -0.15) is 0 Å². The number of rotatable bonds is 4. The molecule has 2 rings (SSSR count). The van der Waals surface area contributed by atoms with Gasteiger partial charge in [0.1, 0.15) is 11.6 Å². The zero-order chi connectivity index (χ0) is 15.6. The molecule has 2 aromatic rings. The highest BCUT2D eigenvalue weighted by Crippen LogP contribution is 2.40. The monoisotopic (exact) mass is 347 g/mol. The van der Waals surface area contributed by atoms with Crippen molar-refractivity contribution >= 4 is 25.1 Å². The van der Waals surface area contributed by atoms with E-state index in [9.17, 15) is 13.3 Å². The number of hydrogen-bond donors (Lipinski definition) is 1. The van der Waals surface area contributed by atoms with Crippen LogP contribution in [0.2, 0.25) is 0 Å². The van der Waals surface area contributed by atoms with E-state index in [1.165, 1.54) is 19.8 Å². The van der Waals surface area contributed by atoms with E-state index in [0.717, 1.165) is 12.1 Å². The number of halogens is 3. The first kappa shape index (κ1) is 18.8. The van der Waals surface area contributed by atoms with E-state index in [1.807, 2.05) is 0 Å². The molecule has 0 aromatic heterocycles. The second kappa shape index (κ2) is 7.34. The summed E-state index contributed by atoms with van der Waals surface area (Å²) in [5, 5.41) is 0.556. The van der Waals surface area contributed by atoms with E-state index in [4.69, 9.17) is 10.3 Å². The van der Waals surface area contributed by atoms with Gasteiger partial charge in [-0.3, -0.25) is 4.57 Å². The Morgan fingerprint density at radius 1 is 1.14 bits per heavy atom. The first-order valence-corrected chi connectivity index (χ1v) is 8.36. The zero-order valence-corrected chi connectivity index (χ0v) is 13.8. The van der Waals surface area contributed by atoms with Crippen molar-refractivity contribution in [3.63, 3.8) is 0 Å². The zero-order valence-electron chi connectivity index (χ0n) is 12.1. The second-order valence-electron chi connectivity index (χ2n) is 4.76. The van der Waals surface area contributed by atoms with Gasteiger partial charge < -0.3 is 10.3 Å². The Balaban J connectivity index is 0.00000242. The first-order valence-electron chi connectivity index (χ1n) is 6.29. The van der Waals surface area contributed by atoms with Crippen molar-refractivity contribution < 1.29 is 17.9 Å². The quantitative estimate of drug-likeness (QED) is 0.859. The highest BCUT2D eigenvalue weighted by Gasteiger charge is 2.19. The van der Waals surface area contributed by atoms with E-state index in [-0.39, 0.29) is 18.0 Å². The lowest BCUT2D eigenvalue weighted by atomic mass is 9.99. The van der Waals surface area contributed by atoms with Gasteiger partial charge in [0.15, 0.2) is 0 Å². The highest BCUT2D eigenvalue weighted by molar-refractivity contribution is 7.66. The van der Waals surface area contributed by atoms with Gasteiger partial charge in [-0.1, -0.05) is 18.2 Å². The maximum Gasteiger partial charge on any atom is 0.228 e. The van der Waals surface area contributed by atoms with Crippen molar-refractivity contribution in [2.75, 3.05) is 13.8 Å². The topological polar surface area (TPSA) is 52.3 Å². The highest BCUT2D eigenvalue weighted by atomic mass is 35.5. The van der Waals surface area contributed by atoms with Crippen molar-refractivity contribution in [2.24, 2.45) is 5.73 Å². The second-order valence-corrected chi connectivity index (χ2v) is 7.34. The van der Waals surface area contributed by atoms with Crippen LogP contribution in [-0.2, 0) is 9.09 Å². The van der Waals surface area contributed by atoms with Crippen LogP contribution in [-0.4, -0.2) is 13.8 Å². The lowest BCUT2D eigenvalue weighted by Crippen LogP contribution is -2.15. The molecule has 0 aliphatic rings. The van der Waals surface area contributed by atoms with E-state index in [0.29, 0.717) is 10.9 Å². The van der Waals surface area contributed by atoms with Crippen LogP contribution in [0.4, 0.5) is 8.78 Å². The molecule has 2 aromatic carbocycles. The lowest BCUT2D eigenvalue weighted by Gasteiger charge is -2.15. The third kappa shape index (κ3) is 3.93. The Kier molecular flexibility index (Phi) is 6.27. The molecular formula is C15H17ClF2NO2P. The minimum absolute atomic E-state index is 0. The molecule has 0 bridgehead atoms. The van der Waals surface area contributed by atoms with Gasteiger partial charge in [0.05, 0.1) is 6.04 Å². The van der Waals surface area contributed by atoms with Crippen LogP contribution < -0.4 is 11.0 Å². The Morgan fingerprint density at radius 2 is 1.73 bits per heavy atom. The Hall–Kier alpha value is -1.26. The molecule has 7 heteroatoms. The molecule has 0 saturated heterocycles. The van der Waals surface area contributed by atoms with Crippen molar-refractivity contribution in [2.45, 2.75) is 6.04 Å². The molecular weight excluding hydrogens is 331 g/mol. The standard InChI is InChI=1S/C15H16F2NO2P.ClH/c1-20-21(2,19)12-6-3-10(4-7-12)15(18)13-8-5-11(16)9-14(13)17;/h3-9,15H,18H2,1-2H3;1H. The maximum absolute atomic E-state index is 13.7. The van der Waals surface area contributed by atoms with Crippen LogP contribution in [0.1, 0.15) is 17.2 Å². The molecule has 3 nitrogen and oxygen atoms in total. The van der Waals surface area contributed by atoms with Gasteiger partial charge in [0, 0.05) is 30.7 Å². The molecule has 2 unspecified atom stereocenters. The summed E-state index contributed by atoms with van der Waals surface area (Å²) in [6.07, 6.45) is 0. The van der Waals surface area contributed by atoms with Gasteiger partial charge in [0.25, 0.3) is 0 Å². The molecule has 22 heavy (non-hydrogen) atoms. The molecule has 0 radical (unpaired) electrons. The molecule has 0 saturated carbocycles. The molecule has 0 aliphatic carbocycles. The Morgan fingerprint density at radius 3 is 2.23 bits per heavy atom. The van der Waals surface area contributed by atoms with E-state index < -0.39 is 25.0 Å². The minimum Gasteiger partial charge on any atom is -0.329 e. The molecule has 0 spiro atoms. The molecule has 0 aliphatic heterocycles.